The highest BCUT2D eigenvalue weighted by Crippen LogP contribution is 2.35. The molecule has 2 heterocycles. The van der Waals surface area contributed by atoms with Crippen molar-refractivity contribution in [2.45, 2.75) is 39.3 Å². The summed E-state index contributed by atoms with van der Waals surface area (Å²) in [6.07, 6.45) is 1.97. The van der Waals surface area contributed by atoms with Gasteiger partial charge in [-0.3, -0.25) is 4.79 Å². The lowest BCUT2D eigenvalue weighted by molar-refractivity contribution is -0.127. The van der Waals surface area contributed by atoms with Crippen LogP contribution in [0.1, 0.15) is 29.9 Å². The van der Waals surface area contributed by atoms with E-state index in [4.69, 9.17) is 14.5 Å². The first kappa shape index (κ1) is 26.2. The first-order valence-corrected chi connectivity index (χ1v) is 11.5. The number of amides is 1. The van der Waals surface area contributed by atoms with Crippen molar-refractivity contribution < 1.29 is 14.3 Å². The average molecular weight is 573 g/mol. The number of nitrogens with one attached hydrogen (secondary N) is 2. The number of guanidine groups is 1. The molecule has 1 unspecified atom stereocenters. The highest BCUT2D eigenvalue weighted by molar-refractivity contribution is 14.0. The molecule has 7 nitrogen and oxygen atoms in total. The van der Waals surface area contributed by atoms with Crippen LogP contribution in [0, 0.1) is 0 Å². The summed E-state index contributed by atoms with van der Waals surface area (Å²) in [6.45, 7) is 5.97. The number of aliphatic imine (C=N–C) groups is 1. The van der Waals surface area contributed by atoms with Crippen molar-refractivity contribution in [2.24, 2.45) is 4.99 Å². The number of rotatable bonds is 9. The van der Waals surface area contributed by atoms with Gasteiger partial charge in [0.05, 0.1) is 19.7 Å². The van der Waals surface area contributed by atoms with Crippen molar-refractivity contribution in [3.63, 3.8) is 0 Å². The molecule has 9 heteroatoms. The Kier molecular flexibility index (Phi) is 10.6. The molecule has 1 amide bonds. The Morgan fingerprint density at radius 2 is 2.16 bits per heavy atom. The van der Waals surface area contributed by atoms with E-state index < -0.39 is 0 Å². The zero-order chi connectivity index (χ0) is 22.2. The second kappa shape index (κ2) is 12.9. The van der Waals surface area contributed by atoms with Gasteiger partial charge in [-0.2, -0.15) is 0 Å². The van der Waals surface area contributed by atoms with Crippen LogP contribution in [0.2, 0.25) is 0 Å². The number of nitrogens with zero attached hydrogens (tertiary/aromatic N) is 2. The molecule has 0 fully saturated rings. The fraction of sp³-hybridized carbons (Fsp3) is 0.478. The van der Waals surface area contributed by atoms with Crippen molar-refractivity contribution >= 4 is 47.2 Å². The number of carbonyl (C=O) groups excluding carboxylic acids is 1. The second-order valence-electron chi connectivity index (χ2n) is 7.70. The van der Waals surface area contributed by atoms with Crippen LogP contribution in [-0.2, 0) is 24.2 Å². The Balaban J connectivity index is 0.00000363. The van der Waals surface area contributed by atoms with Gasteiger partial charge in [0.25, 0.3) is 0 Å². The summed E-state index contributed by atoms with van der Waals surface area (Å²) in [5, 5.41) is 8.55. The van der Waals surface area contributed by atoms with Gasteiger partial charge in [-0.1, -0.05) is 6.07 Å². The molecular formula is C23H33IN4O3S. The number of halogens is 1. The zero-order valence-electron chi connectivity index (χ0n) is 19.1. The predicted molar refractivity (Wildman–Crippen MR) is 141 cm³/mol. The molecule has 0 saturated heterocycles. The van der Waals surface area contributed by atoms with Crippen LogP contribution in [0.5, 0.6) is 11.5 Å². The molecule has 1 atom stereocenters. The third-order valence-corrected chi connectivity index (χ3v) is 5.87. The number of hydrogen-bond acceptors (Lipinski definition) is 5. The van der Waals surface area contributed by atoms with Gasteiger partial charge in [-0.05, 0) is 43.8 Å². The molecule has 2 aromatic rings. The van der Waals surface area contributed by atoms with Crippen molar-refractivity contribution in [1.29, 1.82) is 0 Å². The van der Waals surface area contributed by atoms with E-state index >= 15 is 0 Å². The maximum Gasteiger partial charge on any atom is 0.241 e. The van der Waals surface area contributed by atoms with Crippen LogP contribution in [-0.4, -0.2) is 56.7 Å². The molecule has 2 N–H and O–H groups in total. The maximum atomic E-state index is 12.0. The second-order valence-corrected chi connectivity index (χ2v) is 8.73. The minimum absolute atomic E-state index is 0. The fourth-order valence-electron chi connectivity index (χ4n) is 3.31. The zero-order valence-corrected chi connectivity index (χ0v) is 22.3. The third kappa shape index (κ3) is 7.54. The van der Waals surface area contributed by atoms with Gasteiger partial charge in [-0.25, -0.2) is 4.99 Å². The Morgan fingerprint density at radius 3 is 2.84 bits per heavy atom. The summed E-state index contributed by atoms with van der Waals surface area (Å²) < 4.78 is 11.8. The van der Waals surface area contributed by atoms with E-state index in [-0.39, 0.29) is 42.5 Å². The lowest BCUT2D eigenvalue weighted by Gasteiger charge is -2.16. The molecule has 1 aliphatic heterocycles. The minimum atomic E-state index is -0.0114. The number of benzene rings is 1. The van der Waals surface area contributed by atoms with Crippen molar-refractivity contribution in [1.82, 2.24) is 15.5 Å². The van der Waals surface area contributed by atoms with Crippen molar-refractivity contribution in [2.75, 3.05) is 33.8 Å². The van der Waals surface area contributed by atoms with E-state index in [2.05, 4.69) is 41.1 Å². The Morgan fingerprint density at radius 1 is 1.34 bits per heavy atom. The molecule has 0 bridgehead atoms. The number of carbonyl (C=O) groups is 1. The summed E-state index contributed by atoms with van der Waals surface area (Å²) >= 11 is 1.73. The molecule has 0 spiro atoms. The fourth-order valence-corrected chi connectivity index (χ4v) is 4.02. The maximum absolute atomic E-state index is 12.0. The Bertz CT molecular complexity index is 903. The van der Waals surface area contributed by atoms with Crippen LogP contribution < -0.4 is 20.1 Å². The van der Waals surface area contributed by atoms with Crippen molar-refractivity contribution in [3.05, 3.63) is 45.6 Å². The minimum Gasteiger partial charge on any atom is -0.494 e. The quantitative estimate of drug-likeness (QED) is 0.274. The van der Waals surface area contributed by atoms with Crippen LogP contribution in [0.4, 0.5) is 0 Å². The van der Waals surface area contributed by atoms with Crippen LogP contribution in [0.3, 0.4) is 0 Å². The molecular weight excluding hydrogens is 539 g/mol. The first-order valence-electron chi connectivity index (χ1n) is 10.7. The van der Waals surface area contributed by atoms with Gasteiger partial charge in [0.2, 0.25) is 5.91 Å². The topological polar surface area (TPSA) is 75.2 Å². The Labute approximate surface area is 211 Å². The van der Waals surface area contributed by atoms with Crippen molar-refractivity contribution in [3.8, 4) is 11.5 Å². The third-order valence-electron chi connectivity index (χ3n) is 4.94. The molecule has 176 valence electrons. The molecule has 32 heavy (non-hydrogen) atoms. The molecule has 0 radical (unpaired) electrons. The van der Waals surface area contributed by atoms with E-state index in [1.165, 1.54) is 10.4 Å². The van der Waals surface area contributed by atoms with E-state index in [0.717, 1.165) is 36.4 Å². The van der Waals surface area contributed by atoms with Crippen LogP contribution in [0.25, 0.3) is 0 Å². The summed E-state index contributed by atoms with van der Waals surface area (Å²) in [7, 11) is 3.48. The van der Waals surface area contributed by atoms with Gasteiger partial charge < -0.3 is 25.0 Å². The van der Waals surface area contributed by atoms with E-state index in [1.807, 2.05) is 13.0 Å². The standard InChI is InChI=1S/C23H32N4O3S.HI/c1-5-29-20-12-17-11-16(2)30-21(17)13-18(20)14-25-23(26-15-22(28)27(3)4)24-9-8-19-7-6-10-31-19;/h6-7,10,12-13,16H,5,8-9,11,14-15H2,1-4H3,(H2,24,25,26);1H. The molecule has 1 aliphatic rings. The molecule has 1 aromatic heterocycles. The van der Waals surface area contributed by atoms with Gasteiger partial charge in [0.15, 0.2) is 5.96 Å². The highest BCUT2D eigenvalue weighted by Gasteiger charge is 2.21. The number of hydrogen-bond donors (Lipinski definition) is 2. The average Bonchev–Trinajstić information content (AvgIpc) is 3.37. The summed E-state index contributed by atoms with van der Waals surface area (Å²) in [6, 6.07) is 8.27. The smallest absolute Gasteiger partial charge is 0.241 e. The first-order chi connectivity index (χ1) is 15.0. The summed E-state index contributed by atoms with van der Waals surface area (Å²) in [5.41, 5.74) is 2.14. The SMILES string of the molecule is CCOc1cc2c(cc1CN=C(NCCc1cccs1)NCC(=O)N(C)C)OC(C)C2.I. The normalized spacial score (nSPS) is 14.8. The molecule has 0 saturated carbocycles. The van der Waals surface area contributed by atoms with Gasteiger partial charge in [0.1, 0.15) is 17.6 Å². The Hall–Kier alpha value is -2.01. The van der Waals surface area contributed by atoms with E-state index in [1.54, 1.807) is 30.3 Å². The number of fused-ring (bicyclic) bond motifs is 1. The number of thiophene rings is 1. The molecule has 0 aliphatic carbocycles. The highest BCUT2D eigenvalue weighted by atomic mass is 127. The number of likely N-dealkylation sites (N-methyl/N-ethyl adjacent to an activating group) is 1. The largest absolute Gasteiger partial charge is 0.494 e. The van der Waals surface area contributed by atoms with E-state index in [0.29, 0.717) is 19.1 Å². The predicted octanol–water partition coefficient (Wildman–Crippen LogP) is 3.45. The van der Waals surface area contributed by atoms with Gasteiger partial charge >= 0.3 is 0 Å². The van der Waals surface area contributed by atoms with Crippen LogP contribution in [0.15, 0.2) is 34.6 Å². The van der Waals surface area contributed by atoms with E-state index in [9.17, 15) is 4.79 Å². The molecule has 1 aromatic carbocycles. The monoisotopic (exact) mass is 572 g/mol. The summed E-state index contributed by atoms with van der Waals surface area (Å²) in [4.78, 5) is 19.6. The lowest BCUT2D eigenvalue weighted by atomic mass is 10.1. The van der Waals surface area contributed by atoms with Gasteiger partial charge in [0, 0.05) is 43.1 Å². The van der Waals surface area contributed by atoms with Crippen LogP contribution >= 0.6 is 35.3 Å². The molecule has 3 rings (SSSR count). The van der Waals surface area contributed by atoms with Gasteiger partial charge in [-0.15, -0.1) is 35.3 Å². The number of ether oxygens (including phenoxy) is 2. The lowest BCUT2D eigenvalue weighted by Crippen LogP contribution is -2.43. The summed E-state index contributed by atoms with van der Waals surface area (Å²) in [5.74, 6) is 2.33.